The number of rotatable bonds is 8. The highest BCUT2D eigenvalue weighted by atomic mass is 35.6. The Hall–Kier alpha value is -2.09. The van der Waals surface area contributed by atoms with E-state index in [1.807, 2.05) is 20.8 Å². The number of hydrogen-bond donors (Lipinski definition) is 2. The minimum absolute atomic E-state index is 0.0344. The average Bonchev–Trinajstić information content (AvgIpc) is 2.74. The van der Waals surface area contributed by atoms with Crippen molar-refractivity contribution in [2.75, 3.05) is 6.61 Å². The molecule has 0 aromatic heterocycles. The summed E-state index contributed by atoms with van der Waals surface area (Å²) in [6.07, 6.45) is 0.765. The van der Waals surface area contributed by atoms with Gasteiger partial charge in [-0.2, -0.15) is 0 Å². The standard InChI is InChI=1S/C25H31Cl3N2O5/c1-7-18(30-35-8-2)23-19(32)9-16(10-20(23)33)22-13(4)17(11-29-24(34)25(26,27)28)12(3)21(14(22)5)15(6)31/h16,32H,7-11H2,1-6H3,(H,29,34)/b30-18-. The molecule has 1 atom stereocenters. The lowest BCUT2D eigenvalue weighted by atomic mass is 9.75. The van der Waals surface area contributed by atoms with Gasteiger partial charge in [0.1, 0.15) is 12.4 Å². The SMILES string of the molecule is CCO/N=C(/CC)C1=C(O)CC(c2c(C)c(CNC(=O)C(Cl)(Cl)Cl)c(C)c(C(C)=O)c2C)CC1=O. The maximum Gasteiger partial charge on any atom is 0.272 e. The van der Waals surface area contributed by atoms with Crippen molar-refractivity contribution in [1.82, 2.24) is 5.32 Å². The number of hydrogen-bond acceptors (Lipinski definition) is 6. The molecule has 0 radical (unpaired) electrons. The monoisotopic (exact) mass is 544 g/mol. The van der Waals surface area contributed by atoms with Crippen LogP contribution in [-0.2, 0) is 21.0 Å². The fourth-order valence-electron chi connectivity index (χ4n) is 4.82. The second-order valence-corrected chi connectivity index (χ2v) is 10.8. The summed E-state index contributed by atoms with van der Waals surface area (Å²) in [5, 5.41) is 17.5. The number of benzene rings is 1. The first kappa shape index (κ1) is 29.1. The molecule has 192 valence electrons. The molecule has 1 aromatic rings. The van der Waals surface area contributed by atoms with Crippen molar-refractivity contribution in [3.8, 4) is 0 Å². The first-order chi connectivity index (χ1) is 16.3. The number of aliphatic hydroxyl groups excluding tert-OH is 1. The Labute approximate surface area is 220 Å². The molecule has 1 aliphatic rings. The Morgan fingerprint density at radius 2 is 1.74 bits per heavy atom. The minimum atomic E-state index is -2.12. The largest absolute Gasteiger partial charge is 0.511 e. The van der Waals surface area contributed by atoms with E-state index < -0.39 is 9.70 Å². The number of oxime groups is 1. The van der Waals surface area contributed by atoms with Gasteiger partial charge in [-0.25, -0.2) is 0 Å². The van der Waals surface area contributed by atoms with E-state index in [0.29, 0.717) is 35.4 Å². The molecule has 0 heterocycles. The van der Waals surface area contributed by atoms with Crippen molar-refractivity contribution < 1.29 is 24.3 Å². The molecule has 0 saturated heterocycles. The summed E-state index contributed by atoms with van der Waals surface area (Å²) in [5.74, 6) is -1.59. The molecule has 35 heavy (non-hydrogen) atoms. The van der Waals surface area contributed by atoms with E-state index in [-0.39, 0.29) is 48.2 Å². The first-order valence-electron chi connectivity index (χ1n) is 11.4. The van der Waals surface area contributed by atoms with Gasteiger partial charge in [0, 0.05) is 24.9 Å². The Morgan fingerprint density at radius 1 is 1.11 bits per heavy atom. The molecular formula is C25H31Cl3N2O5. The van der Waals surface area contributed by atoms with Crippen molar-refractivity contribution in [2.45, 2.75) is 77.1 Å². The molecule has 0 bridgehead atoms. The fraction of sp³-hybridized carbons (Fsp3) is 0.520. The van der Waals surface area contributed by atoms with Crippen LogP contribution in [0.25, 0.3) is 0 Å². The lowest BCUT2D eigenvalue weighted by Crippen LogP contribution is -2.34. The molecule has 0 fully saturated rings. The van der Waals surface area contributed by atoms with Crippen LogP contribution < -0.4 is 5.32 Å². The number of allylic oxidation sites excluding steroid dienone is 2. The number of carbonyl (C=O) groups is 3. The van der Waals surface area contributed by atoms with Crippen LogP contribution in [-0.4, -0.2) is 38.7 Å². The molecule has 1 aliphatic carbocycles. The molecule has 1 aromatic carbocycles. The van der Waals surface area contributed by atoms with Gasteiger partial charge in [-0.1, -0.05) is 46.9 Å². The minimum Gasteiger partial charge on any atom is -0.511 e. The van der Waals surface area contributed by atoms with Crippen LogP contribution >= 0.6 is 34.8 Å². The van der Waals surface area contributed by atoms with Crippen LogP contribution in [0.1, 0.15) is 84.1 Å². The summed E-state index contributed by atoms with van der Waals surface area (Å²) in [6.45, 7) is 11.0. The van der Waals surface area contributed by atoms with E-state index in [1.165, 1.54) is 6.92 Å². The van der Waals surface area contributed by atoms with Crippen LogP contribution in [0.15, 0.2) is 16.5 Å². The van der Waals surface area contributed by atoms with Crippen molar-refractivity contribution in [1.29, 1.82) is 0 Å². The van der Waals surface area contributed by atoms with Crippen LogP contribution in [0, 0.1) is 20.8 Å². The van der Waals surface area contributed by atoms with Crippen LogP contribution in [0.3, 0.4) is 0 Å². The number of Topliss-reactive ketones (excluding diaryl/α,β-unsaturated/α-hetero) is 2. The van der Waals surface area contributed by atoms with E-state index in [0.717, 1.165) is 16.7 Å². The normalized spacial score (nSPS) is 17.0. The molecule has 2 N–H and O–H groups in total. The summed E-state index contributed by atoms with van der Waals surface area (Å²) in [6, 6.07) is 0. The van der Waals surface area contributed by atoms with E-state index in [2.05, 4.69) is 10.5 Å². The molecule has 2 rings (SSSR count). The maximum absolute atomic E-state index is 13.1. The summed E-state index contributed by atoms with van der Waals surface area (Å²) in [5.41, 5.74) is 4.87. The zero-order valence-corrected chi connectivity index (χ0v) is 23.0. The zero-order chi connectivity index (χ0) is 26.7. The zero-order valence-electron chi connectivity index (χ0n) is 20.8. The number of nitrogens with one attached hydrogen (secondary N) is 1. The number of ketones is 2. The Bertz CT molecular complexity index is 1100. The highest BCUT2D eigenvalue weighted by molar-refractivity contribution is 6.76. The number of halogens is 3. The number of alkyl halides is 3. The van der Waals surface area contributed by atoms with Gasteiger partial charge in [0.25, 0.3) is 9.70 Å². The number of amides is 1. The van der Waals surface area contributed by atoms with Gasteiger partial charge in [-0.3, -0.25) is 14.4 Å². The highest BCUT2D eigenvalue weighted by Gasteiger charge is 2.35. The Morgan fingerprint density at radius 3 is 2.23 bits per heavy atom. The van der Waals surface area contributed by atoms with Gasteiger partial charge in [0.2, 0.25) is 0 Å². The third kappa shape index (κ3) is 6.38. The number of nitrogens with zero attached hydrogens (tertiary/aromatic N) is 1. The molecule has 0 spiro atoms. The average molecular weight is 546 g/mol. The number of aliphatic hydroxyl groups is 1. The lowest BCUT2D eigenvalue weighted by molar-refractivity contribution is -0.120. The molecule has 1 amide bonds. The summed E-state index contributed by atoms with van der Waals surface area (Å²) in [4.78, 5) is 43.0. The van der Waals surface area contributed by atoms with E-state index >= 15 is 0 Å². The summed E-state index contributed by atoms with van der Waals surface area (Å²) < 4.78 is -2.12. The van der Waals surface area contributed by atoms with Gasteiger partial charge < -0.3 is 15.3 Å². The number of carbonyl (C=O) groups excluding carboxylic acids is 3. The summed E-state index contributed by atoms with van der Waals surface area (Å²) >= 11 is 17.0. The van der Waals surface area contributed by atoms with Crippen molar-refractivity contribution in [3.63, 3.8) is 0 Å². The highest BCUT2D eigenvalue weighted by Crippen LogP contribution is 2.41. The van der Waals surface area contributed by atoms with Gasteiger partial charge in [0.05, 0.1) is 11.3 Å². The van der Waals surface area contributed by atoms with Gasteiger partial charge in [0.15, 0.2) is 11.6 Å². The third-order valence-electron chi connectivity index (χ3n) is 6.27. The van der Waals surface area contributed by atoms with Gasteiger partial charge in [-0.05, 0) is 74.8 Å². The van der Waals surface area contributed by atoms with E-state index in [9.17, 15) is 19.5 Å². The Balaban J connectivity index is 2.60. The topological polar surface area (TPSA) is 105 Å². The van der Waals surface area contributed by atoms with Crippen molar-refractivity contribution in [2.24, 2.45) is 5.16 Å². The maximum atomic E-state index is 13.1. The van der Waals surface area contributed by atoms with Crippen LogP contribution in [0.4, 0.5) is 0 Å². The van der Waals surface area contributed by atoms with Gasteiger partial charge in [-0.15, -0.1) is 0 Å². The van der Waals surface area contributed by atoms with Crippen molar-refractivity contribution >= 4 is 58.0 Å². The first-order valence-corrected chi connectivity index (χ1v) is 12.5. The van der Waals surface area contributed by atoms with Crippen molar-refractivity contribution in [3.05, 3.63) is 44.7 Å². The molecule has 7 nitrogen and oxygen atoms in total. The quantitative estimate of drug-likeness (QED) is 0.184. The summed E-state index contributed by atoms with van der Waals surface area (Å²) in [7, 11) is 0. The predicted molar refractivity (Wildman–Crippen MR) is 139 cm³/mol. The smallest absolute Gasteiger partial charge is 0.272 e. The van der Waals surface area contributed by atoms with Crippen LogP contribution in [0.2, 0.25) is 0 Å². The lowest BCUT2D eigenvalue weighted by Gasteiger charge is -2.30. The fourth-order valence-corrected chi connectivity index (χ4v) is 5.02. The second kappa shape index (κ2) is 11.8. The molecule has 0 aliphatic heterocycles. The van der Waals surface area contributed by atoms with E-state index in [4.69, 9.17) is 39.6 Å². The predicted octanol–water partition coefficient (Wildman–Crippen LogP) is 5.86. The third-order valence-corrected chi connectivity index (χ3v) is 6.79. The molecule has 1 unspecified atom stereocenters. The molecule has 0 saturated carbocycles. The molecular weight excluding hydrogens is 515 g/mol. The molecule has 10 heteroatoms. The van der Waals surface area contributed by atoms with E-state index in [1.54, 1.807) is 13.8 Å². The van der Waals surface area contributed by atoms with Gasteiger partial charge >= 0.3 is 0 Å². The Kier molecular flexibility index (Phi) is 9.79. The second-order valence-electron chi connectivity index (χ2n) is 8.54. The van der Waals surface area contributed by atoms with Crippen LogP contribution in [0.5, 0.6) is 0 Å².